The van der Waals surface area contributed by atoms with E-state index in [1.807, 2.05) is 39.6 Å². The van der Waals surface area contributed by atoms with Crippen molar-refractivity contribution < 1.29 is 9.59 Å². The van der Waals surface area contributed by atoms with Gasteiger partial charge in [0.15, 0.2) is 0 Å². The maximum atomic E-state index is 12.3. The first-order valence-corrected chi connectivity index (χ1v) is 8.99. The minimum Gasteiger partial charge on any atom is -0.347 e. The summed E-state index contributed by atoms with van der Waals surface area (Å²) in [6, 6.07) is 0. The van der Waals surface area contributed by atoms with Crippen LogP contribution in [0.15, 0.2) is 18.6 Å². The molecule has 0 spiro atoms. The molecular weight excluding hydrogens is 332 g/mol. The van der Waals surface area contributed by atoms with Crippen LogP contribution in [0.4, 0.5) is 0 Å². The summed E-state index contributed by atoms with van der Waals surface area (Å²) < 4.78 is 3.55. The van der Waals surface area contributed by atoms with Crippen molar-refractivity contribution in [2.45, 2.75) is 32.1 Å². The first-order valence-electron chi connectivity index (χ1n) is 8.99. The third kappa shape index (κ3) is 4.12. The smallest absolute Gasteiger partial charge is 0.311 e. The summed E-state index contributed by atoms with van der Waals surface area (Å²) in [5.41, 5.74) is 3.24. The maximum absolute atomic E-state index is 12.3. The number of aromatic nitrogens is 4. The van der Waals surface area contributed by atoms with E-state index >= 15 is 0 Å². The normalized spacial score (nSPS) is 15.3. The number of nitrogens with zero attached hydrogens (tertiary/aromatic N) is 5. The highest BCUT2D eigenvalue weighted by Gasteiger charge is 2.28. The van der Waals surface area contributed by atoms with Crippen molar-refractivity contribution in [1.29, 1.82) is 0 Å². The van der Waals surface area contributed by atoms with Gasteiger partial charge in [0.2, 0.25) is 0 Å². The molecule has 0 aromatic carbocycles. The second kappa shape index (κ2) is 7.72. The van der Waals surface area contributed by atoms with Crippen LogP contribution in [0.1, 0.15) is 35.6 Å². The van der Waals surface area contributed by atoms with Crippen LogP contribution in [0.3, 0.4) is 0 Å². The monoisotopic (exact) mass is 358 g/mol. The SMILES string of the molecule is Cc1nn(C)cc1CCNC(=O)C(=O)N1CCC(c2cnn(C)c2)CC1. The number of piperidine rings is 1. The summed E-state index contributed by atoms with van der Waals surface area (Å²) in [4.78, 5) is 26.1. The number of nitrogens with one attached hydrogen (secondary N) is 1. The van der Waals surface area contributed by atoms with Gasteiger partial charge >= 0.3 is 11.8 Å². The second-order valence-corrected chi connectivity index (χ2v) is 6.93. The zero-order valence-electron chi connectivity index (χ0n) is 15.6. The molecule has 0 radical (unpaired) electrons. The van der Waals surface area contributed by atoms with Crippen LogP contribution in [-0.4, -0.2) is 55.9 Å². The number of hydrogen-bond donors (Lipinski definition) is 1. The van der Waals surface area contributed by atoms with Gasteiger partial charge < -0.3 is 10.2 Å². The third-order valence-electron chi connectivity index (χ3n) is 4.97. The molecule has 0 unspecified atom stereocenters. The van der Waals surface area contributed by atoms with Crippen molar-refractivity contribution in [3.8, 4) is 0 Å². The van der Waals surface area contributed by atoms with E-state index in [1.165, 1.54) is 5.56 Å². The average molecular weight is 358 g/mol. The number of amides is 2. The molecule has 2 aromatic heterocycles. The van der Waals surface area contributed by atoms with E-state index in [0.29, 0.717) is 32.0 Å². The molecule has 0 saturated carbocycles. The zero-order valence-corrected chi connectivity index (χ0v) is 15.6. The third-order valence-corrected chi connectivity index (χ3v) is 4.97. The summed E-state index contributed by atoms with van der Waals surface area (Å²) in [5.74, 6) is -0.548. The lowest BCUT2D eigenvalue weighted by Gasteiger charge is -2.31. The molecule has 26 heavy (non-hydrogen) atoms. The standard InChI is InChI=1S/C18H26N6O2/c1-13-15(11-23(3)21-13)4-7-19-17(25)18(26)24-8-5-14(6-9-24)16-10-20-22(2)12-16/h10-12,14H,4-9H2,1-3H3,(H,19,25). The molecule has 2 amide bonds. The highest BCUT2D eigenvalue weighted by atomic mass is 16.2. The van der Waals surface area contributed by atoms with Gasteiger partial charge in [0.05, 0.1) is 11.9 Å². The van der Waals surface area contributed by atoms with Crippen LogP contribution in [0.5, 0.6) is 0 Å². The van der Waals surface area contributed by atoms with E-state index < -0.39 is 11.8 Å². The molecule has 1 fully saturated rings. The molecule has 140 valence electrons. The lowest BCUT2D eigenvalue weighted by Crippen LogP contribution is -2.46. The molecule has 1 saturated heterocycles. The number of carbonyl (C=O) groups is 2. The molecule has 2 aromatic rings. The molecular formula is C18H26N6O2. The van der Waals surface area contributed by atoms with Crippen LogP contribution in [0.25, 0.3) is 0 Å². The van der Waals surface area contributed by atoms with Crippen molar-refractivity contribution in [1.82, 2.24) is 29.8 Å². The molecule has 0 bridgehead atoms. The van der Waals surface area contributed by atoms with Gasteiger partial charge in [-0.3, -0.25) is 19.0 Å². The molecule has 8 nitrogen and oxygen atoms in total. The Morgan fingerprint density at radius 2 is 1.92 bits per heavy atom. The van der Waals surface area contributed by atoms with E-state index in [9.17, 15) is 9.59 Å². The van der Waals surface area contributed by atoms with Gasteiger partial charge in [-0.2, -0.15) is 10.2 Å². The largest absolute Gasteiger partial charge is 0.347 e. The van der Waals surface area contributed by atoms with Crippen LogP contribution < -0.4 is 5.32 Å². The first-order chi connectivity index (χ1) is 12.4. The summed E-state index contributed by atoms with van der Waals surface area (Å²) in [6.45, 7) is 3.58. The quantitative estimate of drug-likeness (QED) is 0.808. The summed E-state index contributed by atoms with van der Waals surface area (Å²) >= 11 is 0. The van der Waals surface area contributed by atoms with Crippen molar-refractivity contribution in [2.75, 3.05) is 19.6 Å². The number of hydrogen-bond acceptors (Lipinski definition) is 4. The van der Waals surface area contributed by atoms with E-state index in [0.717, 1.165) is 24.1 Å². The van der Waals surface area contributed by atoms with Crippen LogP contribution in [0, 0.1) is 6.92 Å². The highest BCUT2D eigenvalue weighted by molar-refractivity contribution is 6.35. The molecule has 0 aliphatic carbocycles. The predicted molar refractivity (Wildman–Crippen MR) is 96.4 cm³/mol. The minimum atomic E-state index is -0.522. The van der Waals surface area contributed by atoms with Gasteiger partial charge in [-0.05, 0) is 43.2 Å². The second-order valence-electron chi connectivity index (χ2n) is 6.93. The lowest BCUT2D eigenvalue weighted by molar-refractivity contribution is -0.146. The molecule has 1 aliphatic heterocycles. The van der Waals surface area contributed by atoms with Crippen molar-refractivity contribution in [2.24, 2.45) is 14.1 Å². The summed E-state index contributed by atoms with van der Waals surface area (Å²) in [6.07, 6.45) is 8.23. The van der Waals surface area contributed by atoms with E-state index in [-0.39, 0.29) is 0 Å². The Bertz CT molecular complexity index is 785. The molecule has 3 rings (SSSR count). The van der Waals surface area contributed by atoms with Gasteiger partial charge in [0, 0.05) is 46.1 Å². The Morgan fingerprint density at radius 3 is 2.50 bits per heavy atom. The van der Waals surface area contributed by atoms with Gasteiger partial charge in [-0.15, -0.1) is 0 Å². The first kappa shape index (κ1) is 18.2. The Labute approximate surface area is 153 Å². The Morgan fingerprint density at radius 1 is 1.19 bits per heavy atom. The fourth-order valence-electron chi connectivity index (χ4n) is 3.49. The highest BCUT2D eigenvalue weighted by Crippen LogP contribution is 2.27. The molecule has 3 heterocycles. The molecule has 1 N–H and O–H groups in total. The van der Waals surface area contributed by atoms with E-state index in [2.05, 4.69) is 15.5 Å². The van der Waals surface area contributed by atoms with Gasteiger partial charge in [-0.1, -0.05) is 0 Å². The maximum Gasteiger partial charge on any atom is 0.311 e. The number of carbonyl (C=O) groups excluding carboxylic acids is 2. The lowest BCUT2D eigenvalue weighted by atomic mass is 9.91. The van der Waals surface area contributed by atoms with E-state index in [4.69, 9.17) is 0 Å². The van der Waals surface area contributed by atoms with Crippen molar-refractivity contribution >= 4 is 11.8 Å². The van der Waals surface area contributed by atoms with Crippen LogP contribution in [-0.2, 0) is 30.1 Å². The van der Waals surface area contributed by atoms with Gasteiger partial charge in [0.25, 0.3) is 0 Å². The number of aryl methyl sites for hydroxylation is 3. The molecule has 0 atom stereocenters. The Kier molecular flexibility index (Phi) is 5.39. The molecule has 1 aliphatic rings. The number of likely N-dealkylation sites (tertiary alicyclic amines) is 1. The van der Waals surface area contributed by atoms with Crippen molar-refractivity contribution in [3.63, 3.8) is 0 Å². The topological polar surface area (TPSA) is 85.1 Å². The Balaban J connectivity index is 1.44. The summed E-state index contributed by atoms with van der Waals surface area (Å²) in [7, 11) is 3.77. The minimum absolute atomic E-state index is 0.407. The zero-order chi connectivity index (χ0) is 18.7. The van der Waals surface area contributed by atoms with E-state index in [1.54, 1.807) is 14.3 Å². The van der Waals surface area contributed by atoms with Gasteiger partial charge in [-0.25, -0.2) is 0 Å². The molecule has 8 heteroatoms. The van der Waals surface area contributed by atoms with Crippen LogP contribution >= 0.6 is 0 Å². The number of rotatable bonds is 4. The Hall–Kier alpha value is -2.64. The van der Waals surface area contributed by atoms with Gasteiger partial charge in [0.1, 0.15) is 0 Å². The predicted octanol–water partition coefficient (Wildman–Crippen LogP) is 0.527. The average Bonchev–Trinajstić information content (AvgIpc) is 3.19. The fraction of sp³-hybridized carbons (Fsp3) is 0.556. The van der Waals surface area contributed by atoms with Crippen molar-refractivity contribution in [3.05, 3.63) is 35.4 Å². The fourth-order valence-corrected chi connectivity index (χ4v) is 3.49. The summed E-state index contributed by atoms with van der Waals surface area (Å²) in [5, 5.41) is 11.2. The van der Waals surface area contributed by atoms with Crippen LogP contribution in [0.2, 0.25) is 0 Å².